The second kappa shape index (κ2) is 14.0. The highest BCUT2D eigenvalue weighted by molar-refractivity contribution is 6.14. The summed E-state index contributed by atoms with van der Waals surface area (Å²) in [5.74, 6) is 2.50. The highest BCUT2D eigenvalue weighted by Gasteiger charge is 2.51. The summed E-state index contributed by atoms with van der Waals surface area (Å²) in [6.07, 6.45) is 0.651. The molecule has 4 nitrogen and oxygen atoms in total. The number of furan rings is 1. The fourth-order valence-electron chi connectivity index (χ4n) is 10.6. The Morgan fingerprint density at radius 1 is 0.429 bits per heavy atom. The Morgan fingerprint density at radius 2 is 1.03 bits per heavy atom. The summed E-state index contributed by atoms with van der Waals surface area (Å²) in [6.45, 7) is 0. The molecule has 296 valence electrons. The van der Waals surface area contributed by atoms with Crippen LogP contribution in [-0.4, -0.2) is 11.5 Å². The minimum atomic E-state index is -0.548. The van der Waals surface area contributed by atoms with Crippen LogP contribution in [0.5, 0.6) is 11.5 Å². The molecule has 10 aromatic rings. The van der Waals surface area contributed by atoms with Crippen LogP contribution in [0.1, 0.15) is 51.4 Å². The Morgan fingerprint density at radius 3 is 1.84 bits per heavy atom. The van der Waals surface area contributed by atoms with Crippen LogP contribution in [0.3, 0.4) is 0 Å². The maximum Gasteiger partial charge on any atom is 0.155 e. The van der Waals surface area contributed by atoms with Gasteiger partial charge in [0.25, 0.3) is 0 Å². The lowest BCUT2D eigenvalue weighted by Gasteiger charge is -2.39. The summed E-state index contributed by atoms with van der Waals surface area (Å²) in [7, 11) is 0. The normalized spacial score (nSPS) is 15.5. The molecule has 0 saturated heterocycles. The van der Waals surface area contributed by atoms with E-state index >= 15 is 0 Å². The van der Waals surface area contributed by atoms with Crippen molar-refractivity contribution in [3.8, 4) is 44.9 Å². The molecule has 0 saturated carbocycles. The molecule has 1 aromatic heterocycles. The lowest BCUT2D eigenvalue weighted by atomic mass is 9.65. The number of nitrogens with zero attached hydrogens (tertiary/aromatic N) is 2. The van der Waals surface area contributed by atoms with E-state index in [1.807, 2.05) is 18.2 Å². The molecule has 4 heteroatoms. The van der Waals surface area contributed by atoms with Crippen molar-refractivity contribution >= 4 is 33.5 Å². The van der Waals surface area contributed by atoms with Crippen molar-refractivity contribution in [3.63, 3.8) is 0 Å². The zero-order chi connectivity index (χ0) is 41.5. The van der Waals surface area contributed by atoms with Crippen molar-refractivity contribution in [2.24, 2.45) is 9.98 Å². The topological polar surface area (TPSA) is 47.1 Å². The Balaban J connectivity index is 0.924. The lowest BCUT2D eigenvalue weighted by molar-refractivity contribution is 0.436. The minimum absolute atomic E-state index is 0.178. The summed E-state index contributed by atoms with van der Waals surface area (Å²) >= 11 is 0. The molecule has 1 unspecified atom stereocenters. The molecule has 0 bridgehead atoms. The fraction of sp³-hybridized carbons (Fsp3) is 0.0508. The highest BCUT2D eigenvalue weighted by atomic mass is 16.5. The van der Waals surface area contributed by atoms with Gasteiger partial charge in [-0.2, -0.15) is 0 Å². The molecule has 3 heterocycles. The number of ether oxygens (including phenoxy) is 1. The van der Waals surface area contributed by atoms with Gasteiger partial charge in [-0.25, -0.2) is 4.99 Å². The first-order chi connectivity index (χ1) is 31.2. The minimum Gasteiger partial charge on any atom is -0.457 e. The van der Waals surface area contributed by atoms with Gasteiger partial charge in [0.2, 0.25) is 0 Å². The van der Waals surface area contributed by atoms with E-state index in [1.165, 1.54) is 22.3 Å². The van der Waals surface area contributed by atoms with Crippen molar-refractivity contribution in [2.75, 3.05) is 0 Å². The zero-order valence-corrected chi connectivity index (χ0v) is 34.2. The van der Waals surface area contributed by atoms with E-state index < -0.39 is 5.41 Å². The van der Waals surface area contributed by atoms with Gasteiger partial charge in [-0.1, -0.05) is 188 Å². The van der Waals surface area contributed by atoms with Gasteiger partial charge < -0.3 is 9.15 Å². The Labute approximate surface area is 365 Å². The average molecular weight is 807 g/mol. The fourth-order valence-corrected chi connectivity index (χ4v) is 10.6. The number of para-hydroxylation sites is 3. The third-order valence-corrected chi connectivity index (χ3v) is 13.3. The first kappa shape index (κ1) is 35.7. The van der Waals surface area contributed by atoms with Gasteiger partial charge in [0.05, 0.1) is 17.2 Å². The molecule has 2 aliphatic heterocycles. The van der Waals surface area contributed by atoms with Crippen molar-refractivity contribution in [2.45, 2.75) is 17.9 Å². The van der Waals surface area contributed by atoms with Crippen molar-refractivity contribution in [1.29, 1.82) is 0 Å². The summed E-state index contributed by atoms with van der Waals surface area (Å²) in [5, 5.41) is 2.25. The molecular weight excluding hydrogens is 769 g/mol. The summed E-state index contributed by atoms with van der Waals surface area (Å²) < 4.78 is 13.2. The first-order valence-electron chi connectivity index (χ1n) is 21.6. The van der Waals surface area contributed by atoms with Crippen LogP contribution in [0.2, 0.25) is 0 Å². The van der Waals surface area contributed by atoms with Gasteiger partial charge in [0.1, 0.15) is 22.7 Å². The third-order valence-electron chi connectivity index (χ3n) is 13.3. The molecule has 1 spiro atoms. The maximum absolute atomic E-state index is 6.79. The number of hydrogen-bond donors (Lipinski definition) is 0. The maximum atomic E-state index is 6.79. The van der Waals surface area contributed by atoms with Crippen LogP contribution in [-0.2, 0) is 5.41 Å². The molecule has 0 radical (unpaired) electrons. The van der Waals surface area contributed by atoms with Crippen LogP contribution in [0.15, 0.2) is 227 Å². The molecule has 1 aliphatic carbocycles. The van der Waals surface area contributed by atoms with Gasteiger partial charge in [-0.15, -0.1) is 0 Å². The summed E-state index contributed by atoms with van der Waals surface area (Å²) in [5.41, 5.74) is 17.3. The molecular formula is C59H38N2O2. The zero-order valence-electron chi connectivity index (χ0n) is 34.2. The van der Waals surface area contributed by atoms with E-state index in [-0.39, 0.29) is 6.04 Å². The Kier molecular flexibility index (Phi) is 7.91. The molecule has 1 atom stereocenters. The molecule has 0 N–H and O–H groups in total. The smallest absolute Gasteiger partial charge is 0.155 e. The van der Waals surface area contributed by atoms with Crippen LogP contribution >= 0.6 is 0 Å². The predicted molar refractivity (Wildman–Crippen MR) is 255 cm³/mol. The predicted octanol–water partition coefficient (Wildman–Crippen LogP) is 14.8. The summed E-state index contributed by atoms with van der Waals surface area (Å²) in [4.78, 5) is 10.7. The van der Waals surface area contributed by atoms with Gasteiger partial charge >= 0.3 is 0 Å². The van der Waals surface area contributed by atoms with E-state index in [0.717, 1.165) is 95.1 Å². The molecule has 0 fully saturated rings. The summed E-state index contributed by atoms with van der Waals surface area (Å²) in [6, 6.07) is 75.4. The van der Waals surface area contributed by atoms with E-state index in [9.17, 15) is 0 Å². The van der Waals surface area contributed by atoms with Crippen LogP contribution in [0, 0.1) is 0 Å². The van der Waals surface area contributed by atoms with E-state index in [2.05, 4.69) is 194 Å². The molecule has 63 heavy (non-hydrogen) atoms. The van der Waals surface area contributed by atoms with Gasteiger partial charge in [0, 0.05) is 39.4 Å². The van der Waals surface area contributed by atoms with Gasteiger partial charge in [-0.05, 0) is 74.3 Å². The van der Waals surface area contributed by atoms with E-state index in [0.29, 0.717) is 6.42 Å². The monoisotopic (exact) mass is 806 g/mol. The number of hydrogen-bond acceptors (Lipinski definition) is 4. The second-order valence-electron chi connectivity index (χ2n) is 16.7. The Bertz CT molecular complexity index is 3480. The SMILES string of the molecule is c1ccc(C2=NC(c3ccccc3-c3ccc4c(c3)C3(c5ccccc5O4)c4ccccc4-c4ccccc43)CC(c3ccc(-c4cccc5c4oc4ccccc45)cc3)=N2)cc1. The van der Waals surface area contributed by atoms with Crippen molar-refractivity contribution in [3.05, 3.63) is 251 Å². The average Bonchev–Trinajstić information content (AvgIpc) is 3.88. The largest absolute Gasteiger partial charge is 0.457 e. The highest BCUT2D eigenvalue weighted by Crippen LogP contribution is 2.62. The third kappa shape index (κ3) is 5.41. The van der Waals surface area contributed by atoms with Crippen LogP contribution in [0.4, 0.5) is 0 Å². The van der Waals surface area contributed by atoms with Crippen LogP contribution in [0.25, 0.3) is 55.3 Å². The van der Waals surface area contributed by atoms with Gasteiger partial charge in [0.15, 0.2) is 5.84 Å². The quantitative estimate of drug-likeness (QED) is 0.174. The lowest BCUT2D eigenvalue weighted by Crippen LogP contribution is -2.32. The number of amidine groups is 1. The Hall–Kier alpha value is -8.08. The standard InChI is InChI=1S/C59H38N2O2/c1-2-15-39(16-3-1)58-60-52(38-31-29-37(30-32-38)42-22-14-23-47-46-21-8-12-27-54(46)63-57(42)47)36-53(61-58)45-20-5-4-17-41(45)40-33-34-56-51(35-40)59(50-26-11-13-28-55(50)62-56)48-24-9-6-18-43(48)44-19-7-10-25-49(44)59/h1-35,53H,36H2. The number of aliphatic imine (C=N–C) groups is 2. The first-order valence-corrected chi connectivity index (χ1v) is 21.6. The van der Waals surface area contributed by atoms with E-state index in [1.54, 1.807) is 0 Å². The molecule has 0 amide bonds. The van der Waals surface area contributed by atoms with E-state index in [4.69, 9.17) is 19.1 Å². The second-order valence-corrected chi connectivity index (χ2v) is 16.7. The number of benzene rings is 9. The molecule has 3 aliphatic rings. The number of rotatable bonds is 5. The van der Waals surface area contributed by atoms with Crippen molar-refractivity contribution in [1.82, 2.24) is 0 Å². The van der Waals surface area contributed by atoms with Crippen LogP contribution < -0.4 is 4.74 Å². The number of fused-ring (bicyclic) bond motifs is 12. The molecule has 13 rings (SSSR count). The van der Waals surface area contributed by atoms with Gasteiger partial charge in [-0.3, -0.25) is 4.99 Å². The van der Waals surface area contributed by atoms with Crippen molar-refractivity contribution < 1.29 is 9.15 Å². The molecule has 9 aromatic carbocycles.